The van der Waals surface area contributed by atoms with Gasteiger partial charge in [0.1, 0.15) is 5.67 Å². The molecule has 0 aromatic carbocycles. The molecular weight excluding hydrogens is 187 g/mol. The molecule has 1 unspecified atom stereocenters. The molecule has 0 aromatic heterocycles. The third kappa shape index (κ3) is 2.30. The number of nitrogens with zero attached hydrogens (tertiary/aromatic N) is 1. The number of rotatable bonds is 1. The molecule has 1 saturated heterocycles. The van der Waals surface area contributed by atoms with Crippen molar-refractivity contribution in [3.63, 3.8) is 0 Å². The lowest BCUT2D eigenvalue weighted by Crippen LogP contribution is -2.40. The second kappa shape index (κ2) is 3.08. The Morgan fingerprint density at radius 1 is 1.62 bits per heavy atom. The third-order valence-corrected chi connectivity index (χ3v) is 2.99. The maximum absolute atomic E-state index is 13.4. The van der Waals surface area contributed by atoms with Crippen LogP contribution in [0.5, 0.6) is 0 Å². The smallest absolute Gasteiger partial charge is 0.169 e. The fourth-order valence-corrected chi connectivity index (χ4v) is 1.91. The molecule has 1 aliphatic heterocycles. The van der Waals surface area contributed by atoms with Crippen molar-refractivity contribution in [1.82, 2.24) is 10.2 Å². The van der Waals surface area contributed by atoms with Crippen molar-refractivity contribution in [3.8, 4) is 0 Å². The van der Waals surface area contributed by atoms with E-state index in [0.29, 0.717) is 19.0 Å². The van der Waals surface area contributed by atoms with Gasteiger partial charge < -0.3 is 10.2 Å². The zero-order valence-corrected chi connectivity index (χ0v) is 8.66. The summed E-state index contributed by atoms with van der Waals surface area (Å²) in [5.74, 6) is 0. The van der Waals surface area contributed by atoms with Gasteiger partial charge in [-0.2, -0.15) is 0 Å². The normalized spacial score (nSPS) is 33.5. The van der Waals surface area contributed by atoms with Gasteiger partial charge in [-0.05, 0) is 32.0 Å². The number of thiocarbonyl (C=S) groups is 1. The van der Waals surface area contributed by atoms with Crippen LogP contribution in [0, 0.1) is 0 Å². The van der Waals surface area contributed by atoms with Crippen LogP contribution in [-0.4, -0.2) is 34.8 Å². The van der Waals surface area contributed by atoms with Gasteiger partial charge in [0.2, 0.25) is 0 Å². The molecule has 74 valence electrons. The predicted octanol–water partition coefficient (Wildman–Crippen LogP) is 1.46. The molecule has 1 N–H and O–H groups in total. The molecule has 2 fully saturated rings. The van der Waals surface area contributed by atoms with Crippen LogP contribution in [0.2, 0.25) is 0 Å². The molecule has 1 saturated carbocycles. The molecule has 0 radical (unpaired) electrons. The van der Waals surface area contributed by atoms with Crippen LogP contribution >= 0.6 is 12.2 Å². The molecule has 0 amide bonds. The van der Waals surface area contributed by atoms with E-state index in [2.05, 4.69) is 5.32 Å². The molecule has 2 rings (SSSR count). The minimum atomic E-state index is -1.05. The van der Waals surface area contributed by atoms with Crippen LogP contribution in [-0.2, 0) is 0 Å². The van der Waals surface area contributed by atoms with Gasteiger partial charge in [-0.3, -0.25) is 0 Å². The van der Waals surface area contributed by atoms with Crippen molar-refractivity contribution < 1.29 is 4.39 Å². The predicted molar refractivity (Wildman–Crippen MR) is 54.5 cm³/mol. The van der Waals surface area contributed by atoms with E-state index in [1.807, 2.05) is 4.90 Å². The zero-order chi connectivity index (χ0) is 9.47. The summed E-state index contributed by atoms with van der Waals surface area (Å²) in [6, 6.07) is 0.568. The van der Waals surface area contributed by atoms with E-state index >= 15 is 0 Å². The van der Waals surface area contributed by atoms with Crippen molar-refractivity contribution in [1.29, 1.82) is 0 Å². The number of nitrogens with one attached hydrogen (secondary N) is 1. The molecule has 1 heterocycles. The van der Waals surface area contributed by atoms with Crippen LogP contribution in [0.4, 0.5) is 4.39 Å². The Morgan fingerprint density at radius 2 is 2.31 bits per heavy atom. The molecular formula is C9H15FN2S. The van der Waals surface area contributed by atoms with Crippen molar-refractivity contribution in [3.05, 3.63) is 0 Å². The first-order chi connectivity index (χ1) is 6.07. The molecule has 0 aromatic rings. The van der Waals surface area contributed by atoms with Crippen LogP contribution in [0.25, 0.3) is 0 Å². The van der Waals surface area contributed by atoms with E-state index in [1.165, 1.54) is 12.8 Å². The summed E-state index contributed by atoms with van der Waals surface area (Å²) in [6.45, 7) is 2.85. The lowest BCUT2D eigenvalue weighted by molar-refractivity contribution is 0.206. The minimum absolute atomic E-state index is 0.450. The van der Waals surface area contributed by atoms with E-state index < -0.39 is 5.67 Å². The largest absolute Gasteiger partial charge is 0.360 e. The highest BCUT2D eigenvalue weighted by Crippen LogP contribution is 2.25. The summed E-state index contributed by atoms with van der Waals surface area (Å²) in [5.41, 5.74) is -1.05. The lowest BCUT2D eigenvalue weighted by atomic mass is 10.1. The highest BCUT2D eigenvalue weighted by molar-refractivity contribution is 7.80. The summed E-state index contributed by atoms with van der Waals surface area (Å²) in [5, 5.41) is 3.96. The standard InChI is InChI=1S/C9H15FN2S/c1-9(10)4-5-12(6-9)8(13)11-7-2-3-7/h7H,2-6H2,1H3,(H,11,13). The van der Waals surface area contributed by atoms with Crippen LogP contribution < -0.4 is 5.32 Å². The van der Waals surface area contributed by atoms with Crippen LogP contribution in [0.1, 0.15) is 26.2 Å². The molecule has 2 nitrogen and oxygen atoms in total. The van der Waals surface area contributed by atoms with E-state index in [9.17, 15) is 4.39 Å². The maximum atomic E-state index is 13.4. The molecule has 0 spiro atoms. The summed E-state index contributed by atoms with van der Waals surface area (Å²) < 4.78 is 13.4. The first kappa shape index (κ1) is 9.19. The SMILES string of the molecule is CC1(F)CCN(C(=S)NC2CC2)C1. The van der Waals surface area contributed by atoms with Gasteiger partial charge in [-0.25, -0.2) is 4.39 Å². The number of halogens is 1. The summed E-state index contributed by atoms with van der Waals surface area (Å²) >= 11 is 5.18. The highest BCUT2D eigenvalue weighted by Gasteiger charge is 2.35. The van der Waals surface area contributed by atoms with Crippen LogP contribution in [0.3, 0.4) is 0 Å². The highest BCUT2D eigenvalue weighted by atomic mass is 32.1. The van der Waals surface area contributed by atoms with E-state index in [4.69, 9.17) is 12.2 Å². The van der Waals surface area contributed by atoms with E-state index in [0.717, 1.165) is 11.7 Å². The van der Waals surface area contributed by atoms with Gasteiger partial charge in [0, 0.05) is 19.0 Å². The van der Waals surface area contributed by atoms with Crippen molar-refractivity contribution in [2.24, 2.45) is 0 Å². The third-order valence-electron chi connectivity index (χ3n) is 2.62. The van der Waals surface area contributed by atoms with Gasteiger partial charge in [-0.1, -0.05) is 0 Å². The quantitative estimate of drug-likeness (QED) is 0.648. The van der Waals surface area contributed by atoms with Crippen molar-refractivity contribution in [2.75, 3.05) is 13.1 Å². The summed E-state index contributed by atoms with van der Waals surface area (Å²) in [7, 11) is 0. The lowest BCUT2D eigenvalue weighted by Gasteiger charge is -2.20. The average molecular weight is 202 g/mol. The first-order valence-corrected chi connectivity index (χ1v) is 5.22. The van der Waals surface area contributed by atoms with Gasteiger partial charge in [-0.15, -0.1) is 0 Å². The first-order valence-electron chi connectivity index (χ1n) is 4.81. The van der Waals surface area contributed by atoms with Crippen molar-refractivity contribution in [2.45, 2.75) is 37.9 Å². The second-order valence-corrected chi connectivity index (χ2v) is 4.70. The molecule has 13 heavy (non-hydrogen) atoms. The van der Waals surface area contributed by atoms with Gasteiger partial charge in [0.25, 0.3) is 0 Å². The number of hydrogen-bond acceptors (Lipinski definition) is 1. The average Bonchev–Trinajstić information content (AvgIpc) is 2.75. The monoisotopic (exact) mass is 202 g/mol. The Bertz CT molecular complexity index is 226. The maximum Gasteiger partial charge on any atom is 0.169 e. The summed E-state index contributed by atoms with van der Waals surface area (Å²) in [4.78, 5) is 1.94. The molecule has 2 aliphatic rings. The molecule has 4 heteroatoms. The minimum Gasteiger partial charge on any atom is -0.360 e. The van der Waals surface area contributed by atoms with Gasteiger partial charge in [0.15, 0.2) is 5.11 Å². The Balaban J connectivity index is 1.83. The number of hydrogen-bond donors (Lipinski definition) is 1. The Labute approximate surface area is 83.5 Å². The molecule has 0 bridgehead atoms. The van der Waals surface area contributed by atoms with E-state index in [1.54, 1.807) is 6.92 Å². The number of likely N-dealkylation sites (tertiary alicyclic amines) is 1. The summed E-state index contributed by atoms with van der Waals surface area (Å²) in [6.07, 6.45) is 3.02. The Kier molecular flexibility index (Phi) is 2.18. The topological polar surface area (TPSA) is 15.3 Å². The van der Waals surface area contributed by atoms with Gasteiger partial charge in [0.05, 0.1) is 6.54 Å². The van der Waals surface area contributed by atoms with Crippen LogP contribution in [0.15, 0.2) is 0 Å². The Morgan fingerprint density at radius 3 is 2.77 bits per heavy atom. The number of alkyl halides is 1. The Hall–Kier alpha value is -0.380. The van der Waals surface area contributed by atoms with Crippen molar-refractivity contribution >= 4 is 17.3 Å². The fourth-order valence-electron chi connectivity index (χ4n) is 1.59. The van der Waals surface area contributed by atoms with E-state index in [-0.39, 0.29) is 0 Å². The fraction of sp³-hybridized carbons (Fsp3) is 0.889. The molecule has 1 atom stereocenters. The zero-order valence-electron chi connectivity index (χ0n) is 7.85. The molecule has 1 aliphatic carbocycles. The van der Waals surface area contributed by atoms with Gasteiger partial charge >= 0.3 is 0 Å². The second-order valence-electron chi connectivity index (χ2n) is 4.31.